The SMILES string of the molecule is CC[C@H](CCO)NC(=O)Nc1sc(C)nc1C. The number of thiazole rings is 1. The summed E-state index contributed by atoms with van der Waals surface area (Å²) in [6.45, 7) is 5.83. The van der Waals surface area contributed by atoms with Gasteiger partial charge >= 0.3 is 6.03 Å². The van der Waals surface area contributed by atoms with Crippen LogP contribution in [0.15, 0.2) is 0 Å². The lowest BCUT2D eigenvalue weighted by Crippen LogP contribution is -2.38. The van der Waals surface area contributed by atoms with Crippen LogP contribution in [0.1, 0.15) is 30.5 Å². The monoisotopic (exact) mass is 257 g/mol. The molecule has 0 saturated heterocycles. The molecule has 17 heavy (non-hydrogen) atoms. The highest BCUT2D eigenvalue weighted by Crippen LogP contribution is 2.22. The fourth-order valence-electron chi connectivity index (χ4n) is 1.51. The fraction of sp³-hybridized carbons (Fsp3) is 0.636. The van der Waals surface area contributed by atoms with Gasteiger partial charge in [-0.15, -0.1) is 11.3 Å². The Kier molecular flexibility index (Phi) is 5.37. The van der Waals surface area contributed by atoms with Gasteiger partial charge in [-0.25, -0.2) is 9.78 Å². The molecule has 0 aliphatic heterocycles. The second-order valence-electron chi connectivity index (χ2n) is 3.86. The normalized spacial score (nSPS) is 12.2. The molecule has 0 saturated carbocycles. The Hall–Kier alpha value is -1.14. The topological polar surface area (TPSA) is 74.2 Å². The van der Waals surface area contributed by atoms with Gasteiger partial charge in [0.05, 0.1) is 10.7 Å². The number of rotatable bonds is 5. The van der Waals surface area contributed by atoms with Crippen molar-refractivity contribution in [2.75, 3.05) is 11.9 Å². The van der Waals surface area contributed by atoms with E-state index in [1.165, 1.54) is 11.3 Å². The summed E-state index contributed by atoms with van der Waals surface area (Å²) in [5.74, 6) is 0. The van der Waals surface area contributed by atoms with Crippen molar-refractivity contribution in [2.24, 2.45) is 0 Å². The van der Waals surface area contributed by atoms with Crippen LogP contribution in [0.2, 0.25) is 0 Å². The van der Waals surface area contributed by atoms with Crippen molar-refractivity contribution < 1.29 is 9.90 Å². The van der Waals surface area contributed by atoms with Gasteiger partial charge in [0.15, 0.2) is 0 Å². The maximum Gasteiger partial charge on any atom is 0.320 e. The molecule has 2 amide bonds. The molecule has 5 nitrogen and oxygen atoms in total. The molecule has 96 valence electrons. The van der Waals surface area contributed by atoms with E-state index in [1.54, 1.807) is 0 Å². The molecule has 6 heteroatoms. The van der Waals surface area contributed by atoms with Crippen molar-refractivity contribution in [1.29, 1.82) is 0 Å². The number of nitrogens with one attached hydrogen (secondary N) is 2. The van der Waals surface area contributed by atoms with Crippen LogP contribution in [0.25, 0.3) is 0 Å². The zero-order chi connectivity index (χ0) is 12.8. The van der Waals surface area contributed by atoms with Crippen molar-refractivity contribution >= 4 is 22.4 Å². The quantitative estimate of drug-likeness (QED) is 0.755. The third-order valence-electron chi connectivity index (χ3n) is 2.44. The molecule has 0 radical (unpaired) electrons. The van der Waals surface area contributed by atoms with Crippen LogP contribution in [-0.2, 0) is 0 Å². The number of aliphatic hydroxyl groups is 1. The van der Waals surface area contributed by atoms with Gasteiger partial charge in [-0.1, -0.05) is 6.92 Å². The lowest BCUT2D eigenvalue weighted by atomic mass is 10.2. The number of amides is 2. The van der Waals surface area contributed by atoms with Crippen molar-refractivity contribution in [1.82, 2.24) is 10.3 Å². The van der Waals surface area contributed by atoms with Crippen LogP contribution in [0.4, 0.5) is 9.80 Å². The Morgan fingerprint density at radius 3 is 2.71 bits per heavy atom. The van der Waals surface area contributed by atoms with E-state index < -0.39 is 0 Å². The van der Waals surface area contributed by atoms with Gasteiger partial charge in [0.1, 0.15) is 5.00 Å². The molecule has 0 aliphatic carbocycles. The Labute approximate surface area is 105 Å². The number of carbonyl (C=O) groups is 1. The van der Waals surface area contributed by atoms with Crippen molar-refractivity contribution in [2.45, 2.75) is 39.7 Å². The minimum atomic E-state index is -0.239. The Bertz CT molecular complexity index is 379. The second kappa shape index (κ2) is 6.56. The van der Waals surface area contributed by atoms with Gasteiger partial charge < -0.3 is 10.4 Å². The van der Waals surface area contributed by atoms with Gasteiger partial charge in [-0.05, 0) is 26.7 Å². The van der Waals surface area contributed by atoms with Crippen LogP contribution in [0, 0.1) is 13.8 Å². The summed E-state index contributed by atoms with van der Waals surface area (Å²) in [4.78, 5) is 15.9. The van der Waals surface area contributed by atoms with Crippen LogP contribution in [0.5, 0.6) is 0 Å². The number of aromatic nitrogens is 1. The molecule has 0 fully saturated rings. The van der Waals surface area contributed by atoms with E-state index in [0.717, 1.165) is 22.1 Å². The zero-order valence-corrected chi connectivity index (χ0v) is 11.2. The maximum absolute atomic E-state index is 11.7. The average Bonchev–Trinajstić information content (AvgIpc) is 2.56. The zero-order valence-electron chi connectivity index (χ0n) is 10.4. The van der Waals surface area contributed by atoms with E-state index in [-0.39, 0.29) is 18.7 Å². The number of nitrogens with zero attached hydrogens (tertiary/aromatic N) is 1. The minimum absolute atomic E-state index is 0.00863. The van der Waals surface area contributed by atoms with Crippen molar-refractivity contribution in [3.05, 3.63) is 10.7 Å². The van der Waals surface area contributed by atoms with Crippen LogP contribution < -0.4 is 10.6 Å². The highest BCUT2D eigenvalue weighted by Gasteiger charge is 2.12. The second-order valence-corrected chi connectivity index (χ2v) is 5.07. The summed E-state index contributed by atoms with van der Waals surface area (Å²) >= 11 is 1.46. The number of urea groups is 1. The van der Waals surface area contributed by atoms with Crippen LogP contribution >= 0.6 is 11.3 Å². The first-order chi connectivity index (χ1) is 8.06. The smallest absolute Gasteiger partial charge is 0.320 e. The summed E-state index contributed by atoms with van der Waals surface area (Å²) < 4.78 is 0. The summed E-state index contributed by atoms with van der Waals surface area (Å²) in [5, 5.41) is 16.1. The predicted molar refractivity (Wildman–Crippen MR) is 69.5 cm³/mol. The third kappa shape index (κ3) is 4.32. The fourth-order valence-corrected chi connectivity index (χ4v) is 2.32. The van der Waals surface area contributed by atoms with Gasteiger partial charge in [-0.2, -0.15) is 0 Å². The lowest BCUT2D eigenvalue weighted by molar-refractivity contribution is 0.237. The molecule has 1 heterocycles. The van der Waals surface area contributed by atoms with E-state index in [9.17, 15) is 4.79 Å². The molecule has 1 aromatic heterocycles. The summed E-state index contributed by atoms with van der Waals surface area (Å²) in [6, 6.07) is -0.230. The standard InChI is InChI=1S/C11H19N3O2S/c1-4-9(5-6-15)13-11(16)14-10-7(2)12-8(3)17-10/h9,15H,4-6H2,1-3H3,(H2,13,14,16)/t9-/m1/s1. The van der Waals surface area contributed by atoms with E-state index in [4.69, 9.17) is 5.11 Å². The largest absolute Gasteiger partial charge is 0.396 e. The van der Waals surface area contributed by atoms with Gasteiger partial charge in [0.25, 0.3) is 0 Å². The number of aliphatic hydroxyl groups excluding tert-OH is 1. The highest BCUT2D eigenvalue weighted by atomic mass is 32.1. The Morgan fingerprint density at radius 1 is 1.53 bits per heavy atom. The molecule has 3 N–H and O–H groups in total. The minimum Gasteiger partial charge on any atom is -0.396 e. The van der Waals surface area contributed by atoms with E-state index in [0.29, 0.717) is 6.42 Å². The molecule has 1 aromatic rings. The molecule has 0 aromatic carbocycles. The molecule has 0 spiro atoms. The number of hydrogen-bond donors (Lipinski definition) is 3. The molecular weight excluding hydrogens is 238 g/mol. The number of aryl methyl sites for hydroxylation is 2. The Morgan fingerprint density at radius 2 is 2.24 bits per heavy atom. The molecule has 0 bridgehead atoms. The van der Waals surface area contributed by atoms with Gasteiger partial charge in [0, 0.05) is 12.6 Å². The number of anilines is 1. The lowest BCUT2D eigenvalue weighted by Gasteiger charge is -2.15. The summed E-state index contributed by atoms with van der Waals surface area (Å²) in [5.41, 5.74) is 0.831. The molecule has 0 unspecified atom stereocenters. The van der Waals surface area contributed by atoms with Crippen LogP contribution in [-0.4, -0.2) is 28.8 Å². The number of carbonyl (C=O) groups excluding carboxylic acids is 1. The molecule has 1 rings (SSSR count). The maximum atomic E-state index is 11.7. The summed E-state index contributed by atoms with van der Waals surface area (Å²) in [6.07, 6.45) is 1.37. The highest BCUT2D eigenvalue weighted by molar-refractivity contribution is 7.16. The van der Waals surface area contributed by atoms with Gasteiger partial charge in [0.2, 0.25) is 0 Å². The van der Waals surface area contributed by atoms with E-state index in [2.05, 4.69) is 15.6 Å². The molecule has 0 aliphatic rings. The van der Waals surface area contributed by atoms with Gasteiger partial charge in [-0.3, -0.25) is 5.32 Å². The number of hydrogen-bond acceptors (Lipinski definition) is 4. The average molecular weight is 257 g/mol. The first-order valence-electron chi connectivity index (χ1n) is 5.69. The summed E-state index contributed by atoms with van der Waals surface area (Å²) in [7, 11) is 0. The molecule has 1 atom stereocenters. The first kappa shape index (κ1) is 13.9. The van der Waals surface area contributed by atoms with E-state index in [1.807, 2.05) is 20.8 Å². The predicted octanol–water partition coefficient (Wildman–Crippen LogP) is 2.04. The first-order valence-corrected chi connectivity index (χ1v) is 6.50. The van der Waals surface area contributed by atoms with Crippen molar-refractivity contribution in [3.8, 4) is 0 Å². The van der Waals surface area contributed by atoms with Crippen molar-refractivity contribution in [3.63, 3.8) is 0 Å². The van der Waals surface area contributed by atoms with E-state index >= 15 is 0 Å². The Balaban J connectivity index is 2.51. The van der Waals surface area contributed by atoms with Crippen LogP contribution in [0.3, 0.4) is 0 Å². The molecular formula is C11H19N3O2S. The third-order valence-corrected chi connectivity index (χ3v) is 3.42.